The quantitative estimate of drug-likeness (QED) is 0.860. The second kappa shape index (κ2) is 5.95. The van der Waals surface area contributed by atoms with Crippen molar-refractivity contribution in [1.82, 2.24) is 10.2 Å². The number of carboxylic acids is 1. The molecule has 0 spiro atoms. The Labute approximate surface area is 111 Å². The van der Waals surface area contributed by atoms with Crippen LogP contribution in [0.5, 0.6) is 0 Å². The Morgan fingerprint density at radius 3 is 2.53 bits per heavy atom. The van der Waals surface area contributed by atoms with E-state index in [4.69, 9.17) is 5.11 Å². The highest BCUT2D eigenvalue weighted by Crippen LogP contribution is 2.12. The van der Waals surface area contributed by atoms with Gasteiger partial charge in [-0.1, -0.05) is 31.2 Å². The van der Waals surface area contributed by atoms with E-state index < -0.39 is 5.97 Å². The summed E-state index contributed by atoms with van der Waals surface area (Å²) in [5.41, 5.74) is 2.47. The number of rotatable bonds is 5. The lowest BCUT2D eigenvalue weighted by molar-refractivity contribution is 0.0697. The summed E-state index contributed by atoms with van der Waals surface area (Å²) in [7, 11) is 0. The van der Waals surface area contributed by atoms with Crippen LogP contribution in [0.2, 0.25) is 0 Å². The summed E-state index contributed by atoms with van der Waals surface area (Å²) in [5, 5.41) is 19.5. The second-order valence-corrected chi connectivity index (χ2v) is 4.12. The predicted molar refractivity (Wildman–Crippen MR) is 72.1 cm³/mol. The largest absolute Gasteiger partial charge is 0.478 e. The number of nitrogens with zero attached hydrogens (tertiary/aromatic N) is 2. The number of carbonyl (C=O) groups is 1. The lowest BCUT2D eigenvalue weighted by atomic mass is 10.1. The molecule has 0 unspecified atom stereocenters. The van der Waals surface area contributed by atoms with Crippen LogP contribution in [0.4, 0.5) is 5.82 Å². The van der Waals surface area contributed by atoms with Crippen molar-refractivity contribution in [2.24, 2.45) is 0 Å². The number of hydrogen-bond donors (Lipinski definition) is 2. The molecule has 5 heteroatoms. The molecule has 0 saturated heterocycles. The molecule has 1 aromatic carbocycles. The smallest absolute Gasteiger partial charge is 0.339 e. The van der Waals surface area contributed by atoms with Gasteiger partial charge in [0.1, 0.15) is 5.56 Å². The van der Waals surface area contributed by atoms with Gasteiger partial charge < -0.3 is 10.4 Å². The maximum atomic E-state index is 11.0. The van der Waals surface area contributed by atoms with Crippen LogP contribution < -0.4 is 5.32 Å². The molecule has 1 heterocycles. The number of carboxylic acid groups (broad SMARTS) is 1. The van der Waals surface area contributed by atoms with E-state index in [1.54, 1.807) is 0 Å². The molecular weight excluding hydrogens is 242 g/mol. The fourth-order valence-corrected chi connectivity index (χ4v) is 1.71. The van der Waals surface area contributed by atoms with Gasteiger partial charge in [0.2, 0.25) is 0 Å². The number of aryl methyl sites for hydroxylation is 1. The number of hydrogen-bond acceptors (Lipinski definition) is 4. The van der Waals surface area contributed by atoms with Crippen molar-refractivity contribution in [2.45, 2.75) is 19.9 Å². The van der Waals surface area contributed by atoms with E-state index >= 15 is 0 Å². The second-order valence-electron chi connectivity index (χ2n) is 4.12. The number of anilines is 1. The Balaban J connectivity index is 2.07. The molecule has 2 N–H and O–H groups in total. The number of benzene rings is 1. The van der Waals surface area contributed by atoms with Gasteiger partial charge >= 0.3 is 5.97 Å². The van der Waals surface area contributed by atoms with E-state index in [2.05, 4.69) is 34.6 Å². The zero-order valence-corrected chi connectivity index (χ0v) is 10.6. The standard InChI is InChI=1S/C14H15N3O2/c1-2-10-3-5-11(6-4-10)9-15-13-12(14(18)19)7-8-16-17-13/h3-8H,2,9H2,1H3,(H,15,17)(H,18,19). The van der Waals surface area contributed by atoms with Gasteiger partial charge in [-0.25, -0.2) is 4.79 Å². The molecule has 98 valence electrons. The van der Waals surface area contributed by atoms with E-state index in [9.17, 15) is 4.79 Å². The van der Waals surface area contributed by atoms with Gasteiger partial charge in [0.25, 0.3) is 0 Å². The normalized spacial score (nSPS) is 10.2. The minimum Gasteiger partial charge on any atom is -0.478 e. The highest BCUT2D eigenvalue weighted by atomic mass is 16.4. The van der Waals surface area contributed by atoms with Crippen molar-refractivity contribution >= 4 is 11.8 Å². The molecule has 0 aliphatic rings. The van der Waals surface area contributed by atoms with Crippen molar-refractivity contribution in [2.75, 3.05) is 5.32 Å². The molecule has 0 atom stereocenters. The molecule has 0 fully saturated rings. The third-order valence-corrected chi connectivity index (χ3v) is 2.84. The fraction of sp³-hybridized carbons (Fsp3) is 0.214. The molecular formula is C14H15N3O2. The molecule has 2 aromatic rings. The monoisotopic (exact) mass is 257 g/mol. The van der Waals surface area contributed by atoms with Crippen LogP contribution >= 0.6 is 0 Å². The van der Waals surface area contributed by atoms with Crippen molar-refractivity contribution in [3.8, 4) is 0 Å². The number of nitrogens with one attached hydrogen (secondary N) is 1. The molecule has 0 radical (unpaired) electrons. The third-order valence-electron chi connectivity index (χ3n) is 2.84. The van der Waals surface area contributed by atoms with Gasteiger partial charge in [-0.3, -0.25) is 0 Å². The van der Waals surface area contributed by atoms with Crippen molar-refractivity contribution < 1.29 is 9.90 Å². The molecule has 0 aliphatic heterocycles. The summed E-state index contributed by atoms with van der Waals surface area (Å²) in [6, 6.07) is 9.58. The van der Waals surface area contributed by atoms with Gasteiger partial charge in [-0.2, -0.15) is 5.10 Å². The third kappa shape index (κ3) is 3.28. The first-order chi connectivity index (χ1) is 9.20. The Hall–Kier alpha value is -2.43. The zero-order chi connectivity index (χ0) is 13.7. The molecule has 0 amide bonds. The van der Waals surface area contributed by atoms with Gasteiger partial charge in [0.05, 0.1) is 6.20 Å². The first kappa shape index (κ1) is 13.0. The van der Waals surface area contributed by atoms with Gasteiger partial charge in [-0.05, 0) is 23.6 Å². The molecule has 0 saturated carbocycles. The van der Waals surface area contributed by atoms with E-state index in [0.717, 1.165) is 12.0 Å². The van der Waals surface area contributed by atoms with Crippen LogP contribution in [0, 0.1) is 0 Å². The summed E-state index contributed by atoms with van der Waals surface area (Å²) in [5.74, 6) is -0.728. The summed E-state index contributed by atoms with van der Waals surface area (Å²) in [4.78, 5) is 11.0. The maximum Gasteiger partial charge on any atom is 0.339 e. The van der Waals surface area contributed by atoms with E-state index in [1.807, 2.05) is 12.1 Å². The molecule has 2 rings (SSSR count). The minimum absolute atomic E-state index is 0.125. The predicted octanol–water partition coefficient (Wildman–Crippen LogP) is 2.35. The van der Waals surface area contributed by atoms with Crippen molar-refractivity contribution in [3.05, 3.63) is 53.2 Å². The highest BCUT2D eigenvalue weighted by molar-refractivity contribution is 5.92. The maximum absolute atomic E-state index is 11.0. The van der Waals surface area contributed by atoms with Gasteiger partial charge in [0, 0.05) is 6.54 Å². The number of aromatic nitrogens is 2. The SMILES string of the molecule is CCc1ccc(CNc2nnccc2C(=O)O)cc1. The molecule has 0 bridgehead atoms. The average molecular weight is 257 g/mol. The molecule has 5 nitrogen and oxygen atoms in total. The summed E-state index contributed by atoms with van der Waals surface area (Å²) < 4.78 is 0. The first-order valence-corrected chi connectivity index (χ1v) is 6.07. The topological polar surface area (TPSA) is 75.1 Å². The van der Waals surface area contributed by atoms with E-state index in [1.165, 1.54) is 17.8 Å². The summed E-state index contributed by atoms with van der Waals surface area (Å²) in [6.07, 6.45) is 2.37. The highest BCUT2D eigenvalue weighted by Gasteiger charge is 2.10. The molecule has 1 aromatic heterocycles. The number of aromatic carboxylic acids is 1. The lowest BCUT2D eigenvalue weighted by Gasteiger charge is -2.07. The lowest BCUT2D eigenvalue weighted by Crippen LogP contribution is -2.09. The van der Waals surface area contributed by atoms with Crippen LogP contribution in [-0.4, -0.2) is 21.3 Å². The summed E-state index contributed by atoms with van der Waals surface area (Å²) in [6.45, 7) is 2.62. The van der Waals surface area contributed by atoms with Crippen LogP contribution in [0.15, 0.2) is 36.5 Å². The average Bonchev–Trinajstić information content (AvgIpc) is 2.46. The van der Waals surface area contributed by atoms with Crippen LogP contribution in [0.25, 0.3) is 0 Å². The van der Waals surface area contributed by atoms with Crippen molar-refractivity contribution in [3.63, 3.8) is 0 Å². The Morgan fingerprint density at radius 1 is 1.21 bits per heavy atom. The van der Waals surface area contributed by atoms with Gasteiger partial charge in [0.15, 0.2) is 5.82 Å². The van der Waals surface area contributed by atoms with Crippen LogP contribution in [0.3, 0.4) is 0 Å². The fourth-order valence-electron chi connectivity index (χ4n) is 1.71. The van der Waals surface area contributed by atoms with Crippen molar-refractivity contribution in [1.29, 1.82) is 0 Å². The zero-order valence-electron chi connectivity index (χ0n) is 10.6. The van der Waals surface area contributed by atoms with E-state index in [-0.39, 0.29) is 11.4 Å². The van der Waals surface area contributed by atoms with E-state index in [0.29, 0.717) is 6.54 Å². The minimum atomic E-state index is -1.02. The summed E-state index contributed by atoms with van der Waals surface area (Å²) >= 11 is 0. The Bertz CT molecular complexity index is 567. The van der Waals surface area contributed by atoms with Gasteiger partial charge in [-0.15, -0.1) is 5.10 Å². The Kier molecular flexibility index (Phi) is 4.07. The van der Waals surface area contributed by atoms with Crippen LogP contribution in [-0.2, 0) is 13.0 Å². The Morgan fingerprint density at radius 2 is 1.89 bits per heavy atom. The van der Waals surface area contributed by atoms with Crippen LogP contribution in [0.1, 0.15) is 28.4 Å². The molecule has 19 heavy (non-hydrogen) atoms. The first-order valence-electron chi connectivity index (χ1n) is 6.07. The molecule has 0 aliphatic carbocycles.